The van der Waals surface area contributed by atoms with Crippen molar-refractivity contribution in [3.63, 3.8) is 0 Å². The molecule has 2 unspecified atom stereocenters. The first-order valence-corrected chi connectivity index (χ1v) is 6.05. The molecule has 3 heteroatoms. The molecule has 0 aromatic rings. The molecule has 0 spiro atoms. The summed E-state index contributed by atoms with van der Waals surface area (Å²) in [6.45, 7) is 11.0. The Balaban J connectivity index is 2.62. The van der Waals surface area contributed by atoms with E-state index < -0.39 is 0 Å². The molecule has 0 saturated carbocycles. The molecule has 1 fully saturated rings. The maximum atomic E-state index is 11.2. The lowest BCUT2D eigenvalue weighted by molar-refractivity contribution is -0.117. The molecule has 1 saturated heterocycles. The summed E-state index contributed by atoms with van der Waals surface area (Å²) in [6.07, 6.45) is 1.95. The maximum absolute atomic E-state index is 11.2. The highest BCUT2D eigenvalue weighted by molar-refractivity contribution is 5.60. The molecular weight excluding hydrogens is 202 g/mol. The van der Waals surface area contributed by atoms with Crippen LogP contribution in [0, 0.1) is 10.8 Å². The second-order valence-corrected chi connectivity index (χ2v) is 6.24. The van der Waals surface area contributed by atoms with E-state index in [1.807, 2.05) is 0 Å². The van der Waals surface area contributed by atoms with Crippen LogP contribution < -0.4 is 0 Å². The highest BCUT2D eigenvalue weighted by Gasteiger charge is 2.38. The Bertz CT molecular complexity index is 239. The number of aldehydes is 1. The molecule has 0 amide bonds. The van der Waals surface area contributed by atoms with Gasteiger partial charge in [0.1, 0.15) is 6.29 Å². The summed E-state index contributed by atoms with van der Waals surface area (Å²) in [6, 6.07) is 0.449. The third kappa shape index (κ3) is 3.05. The van der Waals surface area contributed by atoms with E-state index in [9.17, 15) is 4.79 Å². The first-order valence-electron chi connectivity index (χ1n) is 6.05. The molecule has 0 aromatic heterocycles. The molecule has 94 valence electrons. The molecule has 3 nitrogen and oxygen atoms in total. The van der Waals surface area contributed by atoms with Crippen LogP contribution in [0.1, 0.15) is 34.1 Å². The van der Waals surface area contributed by atoms with Crippen LogP contribution in [0.5, 0.6) is 0 Å². The Morgan fingerprint density at radius 3 is 2.50 bits per heavy atom. The van der Waals surface area contributed by atoms with Crippen molar-refractivity contribution in [3.8, 4) is 0 Å². The fourth-order valence-corrected chi connectivity index (χ4v) is 2.17. The van der Waals surface area contributed by atoms with Crippen LogP contribution in [0.2, 0.25) is 0 Å². The van der Waals surface area contributed by atoms with E-state index in [0.29, 0.717) is 12.6 Å². The van der Waals surface area contributed by atoms with Gasteiger partial charge in [0.25, 0.3) is 0 Å². The molecule has 0 bridgehead atoms. The van der Waals surface area contributed by atoms with Gasteiger partial charge in [0.15, 0.2) is 0 Å². The van der Waals surface area contributed by atoms with Gasteiger partial charge < -0.3 is 14.4 Å². The minimum atomic E-state index is -0.270. The van der Waals surface area contributed by atoms with Crippen molar-refractivity contribution in [2.75, 3.05) is 26.8 Å². The van der Waals surface area contributed by atoms with Crippen LogP contribution in [0.25, 0.3) is 0 Å². The molecule has 2 atom stereocenters. The standard InChI is InChI=1S/C13H25NO2/c1-11(12(2,3)4)14(5)8-13(9-15)6-7-16-10-13/h9,11H,6-8,10H2,1-5H3. The van der Waals surface area contributed by atoms with Crippen LogP contribution in [-0.4, -0.2) is 44.0 Å². The fourth-order valence-electron chi connectivity index (χ4n) is 2.17. The number of hydrogen-bond donors (Lipinski definition) is 0. The third-order valence-electron chi connectivity index (χ3n) is 3.86. The highest BCUT2D eigenvalue weighted by Crippen LogP contribution is 2.30. The number of ether oxygens (including phenoxy) is 1. The van der Waals surface area contributed by atoms with Crippen molar-refractivity contribution in [2.45, 2.75) is 40.2 Å². The second-order valence-electron chi connectivity index (χ2n) is 6.24. The zero-order valence-electron chi connectivity index (χ0n) is 11.2. The van der Waals surface area contributed by atoms with E-state index in [4.69, 9.17) is 4.74 Å². The normalized spacial score (nSPS) is 28.4. The summed E-state index contributed by atoms with van der Waals surface area (Å²) < 4.78 is 5.36. The summed E-state index contributed by atoms with van der Waals surface area (Å²) >= 11 is 0. The average molecular weight is 227 g/mol. The minimum Gasteiger partial charge on any atom is -0.380 e. The largest absolute Gasteiger partial charge is 0.380 e. The van der Waals surface area contributed by atoms with Crippen molar-refractivity contribution in [2.24, 2.45) is 10.8 Å². The lowest BCUT2D eigenvalue weighted by Crippen LogP contribution is -2.46. The van der Waals surface area contributed by atoms with Crippen molar-refractivity contribution in [1.82, 2.24) is 4.90 Å². The molecule has 0 radical (unpaired) electrons. The van der Waals surface area contributed by atoms with E-state index >= 15 is 0 Å². The van der Waals surface area contributed by atoms with Crippen LogP contribution in [0.15, 0.2) is 0 Å². The fraction of sp³-hybridized carbons (Fsp3) is 0.923. The van der Waals surface area contributed by atoms with Crippen LogP contribution in [0.3, 0.4) is 0 Å². The van der Waals surface area contributed by atoms with E-state index in [2.05, 4.69) is 39.6 Å². The Morgan fingerprint density at radius 2 is 2.12 bits per heavy atom. The van der Waals surface area contributed by atoms with Gasteiger partial charge >= 0.3 is 0 Å². The van der Waals surface area contributed by atoms with Crippen molar-refractivity contribution < 1.29 is 9.53 Å². The van der Waals surface area contributed by atoms with E-state index in [1.165, 1.54) is 0 Å². The number of nitrogens with zero attached hydrogens (tertiary/aromatic N) is 1. The van der Waals surface area contributed by atoms with Gasteiger partial charge in [-0.15, -0.1) is 0 Å². The lowest BCUT2D eigenvalue weighted by Gasteiger charge is -2.38. The summed E-state index contributed by atoms with van der Waals surface area (Å²) in [5.41, 5.74) is -0.0352. The van der Waals surface area contributed by atoms with Crippen LogP contribution >= 0.6 is 0 Å². The van der Waals surface area contributed by atoms with Crippen LogP contribution in [0.4, 0.5) is 0 Å². The average Bonchev–Trinajstić information content (AvgIpc) is 2.64. The second kappa shape index (κ2) is 4.84. The van der Waals surface area contributed by atoms with Gasteiger partial charge in [-0.1, -0.05) is 20.8 Å². The number of carbonyl (C=O) groups is 1. The molecule has 1 aliphatic rings. The summed E-state index contributed by atoms with van der Waals surface area (Å²) in [7, 11) is 2.10. The Hall–Kier alpha value is -0.410. The van der Waals surface area contributed by atoms with Gasteiger partial charge in [-0.25, -0.2) is 0 Å². The molecule has 16 heavy (non-hydrogen) atoms. The predicted molar refractivity (Wildman–Crippen MR) is 65.5 cm³/mol. The lowest BCUT2D eigenvalue weighted by atomic mass is 9.84. The predicted octanol–water partition coefficient (Wildman–Crippen LogP) is 1.96. The zero-order chi connectivity index (χ0) is 12.4. The summed E-state index contributed by atoms with van der Waals surface area (Å²) in [5.74, 6) is 0. The smallest absolute Gasteiger partial charge is 0.129 e. The number of carbonyl (C=O) groups excluding carboxylic acids is 1. The van der Waals surface area contributed by atoms with Gasteiger partial charge in [-0.05, 0) is 25.8 Å². The zero-order valence-corrected chi connectivity index (χ0v) is 11.2. The van der Waals surface area contributed by atoms with E-state index in [0.717, 1.165) is 25.9 Å². The van der Waals surface area contributed by atoms with E-state index in [-0.39, 0.29) is 10.8 Å². The van der Waals surface area contributed by atoms with E-state index in [1.54, 1.807) is 0 Å². The highest BCUT2D eigenvalue weighted by atomic mass is 16.5. The van der Waals surface area contributed by atoms with Gasteiger partial charge in [-0.2, -0.15) is 0 Å². The van der Waals surface area contributed by atoms with Crippen molar-refractivity contribution in [3.05, 3.63) is 0 Å². The molecule has 1 aliphatic heterocycles. The topological polar surface area (TPSA) is 29.5 Å². The third-order valence-corrected chi connectivity index (χ3v) is 3.86. The van der Waals surface area contributed by atoms with Gasteiger partial charge in [-0.3, -0.25) is 0 Å². The molecule has 0 aromatic carbocycles. The molecule has 0 aliphatic carbocycles. The van der Waals surface area contributed by atoms with Gasteiger partial charge in [0.05, 0.1) is 12.0 Å². The molecule has 1 rings (SSSR count). The van der Waals surface area contributed by atoms with Crippen molar-refractivity contribution >= 4 is 6.29 Å². The Morgan fingerprint density at radius 1 is 1.50 bits per heavy atom. The summed E-state index contributed by atoms with van der Waals surface area (Å²) in [5, 5.41) is 0. The Labute approximate surface area is 99.1 Å². The van der Waals surface area contributed by atoms with Gasteiger partial charge in [0, 0.05) is 19.2 Å². The van der Waals surface area contributed by atoms with Crippen molar-refractivity contribution in [1.29, 1.82) is 0 Å². The monoisotopic (exact) mass is 227 g/mol. The molecular formula is C13H25NO2. The number of hydrogen-bond acceptors (Lipinski definition) is 3. The summed E-state index contributed by atoms with van der Waals surface area (Å²) in [4.78, 5) is 13.5. The molecule has 1 heterocycles. The maximum Gasteiger partial charge on any atom is 0.129 e. The molecule has 0 N–H and O–H groups in total. The van der Waals surface area contributed by atoms with Gasteiger partial charge in [0.2, 0.25) is 0 Å². The first-order chi connectivity index (χ1) is 7.31. The quantitative estimate of drug-likeness (QED) is 0.688. The SMILES string of the molecule is CC(N(C)CC1(C=O)CCOC1)C(C)(C)C. The van der Waals surface area contributed by atoms with Crippen LogP contribution in [-0.2, 0) is 9.53 Å². The minimum absolute atomic E-state index is 0.234. The number of rotatable bonds is 4. The first kappa shape index (κ1) is 13.7. The Kier molecular flexibility index (Phi) is 4.13.